The van der Waals surface area contributed by atoms with Crippen molar-refractivity contribution in [1.82, 2.24) is 15.1 Å². The van der Waals surface area contributed by atoms with Crippen LogP contribution in [0.25, 0.3) is 0 Å². The first-order valence-electron chi connectivity index (χ1n) is 10.6. The number of nitrogens with one attached hydrogen (secondary N) is 1. The second-order valence-corrected chi connectivity index (χ2v) is 8.29. The molecular formula is C24H26N4O4. The molecule has 166 valence electrons. The zero-order valence-electron chi connectivity index (χ0n) is 18.6. The summed E-state index contributed by atoms with van der Waals surface area (Å²) in [5, 5.41) is 18.6. The van der Waals surface area contributed by atoms with Crippen LogP contribution in [-0.2, 0) is 6.54 Å². The number of ether oxygens (including phenoxy) is 1. The monoisotopic (exact) mass is 434 g/mol. The number of hydrogen-bond acceptors (Lipinski definition) is 5. The normalized spacial score (nSPS) is 15.1. The van der Waals surface area contributed by atoms with Crippen LogP contribution in [0.2, 0.25) is 0 Å². The minimum atomic E-state index is -0.404. The van der Waals surface area contributed by atoms with E-state index in [2.05, 4.69) is 22.5 Å². The number of amides is 1. The highest BCUT2D eigenvalue weighted by Gasteiger charge is 2.25. The molecule has 1 amide bonds. The van der Waals surface area contributed by atoms with E-state index in [1.165, 1.54) is 0 Å². The van der Waals surface area contributed by atoms with Gasteiger partial charge < -0.3 is 10.1 Å². The van der Waals surface area contributed by atoms with Crippen LogP contribution in [0.1, 0.15) is 56.5 Å². The molecule has 0 aliphatic carbocycles. The minimum Gasteiger partial charge on any atom is -0.493 e. The van der Waals surface area contributed by atoms with E-state index in [1.54, 1.807) is 30.7 Å². The third-order valence-electron chi connectivity index (χ3n) is 5.86. The highest BCUT2D eigenvalue weighted by atomic mass is 16.6. The standard InChI is InChI=1S/C24H26N4O4/c1-14-11-15(2)23-20(12-14)21(9-10-32-23)25-24(29)19-7-5-18(6-8-19)13-27-17(4)22(28(30)31)16(3)26-27/h5-8,11-12,21H,9-10,13H2,1-4H3,(H,25,29). The van der Waals surface area contributed by atoms with E-state index >= 15 is 0 Å². The number of fused-ring (bicyclic) bond motifs is 1. The van der Waals surface area contributed by atoms with Gasteiger partial charge in [-0.2, -0.15) is 5.10 Å². The maximum absolute atomic E-state index is 12.9. The third kappa shape index (κ3) is 4.08. The summed E-state index contributed by atoms with van der Waals surface area (Å²) in [5.74, 6) is 0.719. The Labute approximate surface area is 186 Å². The predicted molar refractivity (Wildman–Crippen MR) is 120 cm³/mol. The average molecular weight is 434 g/mol. The molecule has 32 heavy (non-hydrogen) atoms. The van der Waals surface area contributed by atoms with Crippen molar-refractivity contribution in [3.8, 4) is 5.75 Å². The third-order valence-corrected chi connectivity index (χ3v) is 5.86. The molecule has 1 unspecified atom stereocenters. The van der Waals surface area contributed by atoms with Gasteiger partial charge in [0.2, 0.25) is 0 Å². The SMILES string of the molecule is Cc1cc(C)c2c(c1)C(NC(=O)c1ccc(Cn3nc(C)c([N+](=O)[O-])c3C)cc1)CCO2. The number of carbonyl (C=O) groups excluding carboxylic acids is 1. The summed E-state index contributed by atoms with van der Waals surface area (Å²) in [5.41, 5.74) is 5.65. The molecule has 1 aliphatic rings. The largest absolute Gasteiger partial charge is 0.493 e. The molecule has 8 heteroatoms. The predicted octanol–water partition coefficient (Wildman–Crippen LogP) is 4.33. The molecule has 2 heterocycles. The van der Waals surface area contributed by atoms with Gasteiger partial charge in [-0.25, -0.2) is 0 Å². The van der Waals surface area contributed by atoms with Gasteiger partial charge in [-0.15, -0.1) is 0 Å². The Hall–Kier alpha value is -3.68. The number of aryl methyl sites for hydroxylation is 3. The molecule has 0 bridgehead atoms. The van der Waals surface area contributed by atoms with Crippen molar-refractivity contribution in [1.29, 1.82) is 0 Å². The smallest absolute Gasteiger partial charge is 0.312 e. The highest BCUT2D eigenvalue weighted by molar-refractivity contribution is 5.94. The fourth-order valence-electron chi connectivity index (χ4n) is 4.31. The summed E-state index contributed by atoms with van der Waals surface area (Å²) in [6.07, 6.45) is 0.719. The van der Waals surface area contributed by atoms with Crippen molar-refractivity contribution in [2.75, 3.05) is 6.61 Å². The molecule has 4 rings (SSSR count). The van der Waals surface area contributed by atoms with E-state index < -0.39 is 4.92 Å². The van der Waals surface area contributed by atoms with Crippen molar-refractivity contribution in [3.63, 3.8) is 0 Å². The number of aromatic nitrogens is 2. The minimum absolute atomic E-state index is 0.0446. The van der Waals surface area contributed by atoms with Crippen molar-refractivity contribution >= 4 is 11.6 Å². The van der Waals surface area contributed by atoms with Crippen LogP contribution < -0.4 is 10.1 Å². The number of benzene rings is 2. The van der Waals surface area contributed by atoms with Gasteiger partial charge in [0.05, 0.1) is 24.1 Å². The molecule has 0 radical (unpaired) electrons. The van der Waals surface area contributed by atoms with E-state index in [9.17, 15) is 14.9 Å². The second-order valence-electron chi connectivity index (χ2n) is 8.29. The molecule has 2 aromatic carbocycles. The lowest BCUT2D eigenvalue weighted by atomic mass is 9.95. The Morgan fingerprint density at radius 1 is 1.22 bits per heavy atom. The molecule has 0 fully saturated rings. The molecule has 1 atom stereocenters. The molecule has 0 saturated heterocycles. The fourth-order valence-corrected chi connectivity index (χ4v) is 4.31. The summed E-state index contributed by atoms with van der Waals surface area (Å²) in [6.45, 7) is 8.34. The van der Waals surface area contributed by atoms with Gasteiger partial charge in [0.1, 0.15) is 17.1 Å². The van der Waals surface area contributed by atoms with Gasteiger partial charge in [-0.05, 0) is 51.0 Å². The summed E-state index contributed by atoms with van der Waals surface area (Å²) >= 11 is 0. The molecule has 3 aromatic rings. The first kappa shape index (κ1) is 21.5. The van der Waals surface area contributed by atoms with Crippen LogP contribution in [0.15, 0.2) is 36.4 Å². The Morgan fingerprint density at radius 3 is 2.59 bits per heavy atom. The van der Waals surface area contributed by atoms with Gasteiger partial charge in [-0.3, -0.25) is 19.6 Å². The van der Waals surface area contributed by atoms with Gasteiger partial charge >= 0.3 is 5.69 Å². The van der Waals surface area contributed by atoms with E-state index in [4.69, 9.17) is 4.74 Å². The van der Waals surface area contributed by atoms with Gasteiger partial charge in [0.15, 0.2) is 0 Å². The van der Waals surface area contributed by atoms with Crippen LogP contribution in [-0.4, -0.2) is 27.2 Å². The lowest BCUT2D eigenvalue weighted by molar-refractivity contribution is -0.386. The Kier molecular flexibility index (Phi) is 5.69. The zero-order chi connectivity index (χ0) is 23.0. The first-order chi connectivity index (χ1) is 15.2. The maximum atomic E-state index is 12.9. The molecule has 1 N–H and O–H groups in total. The first-order valence-corrected chi connectivity index (χ1v) is 10.6. The molecule has 1 aliphatic heterocycles. The van der Waals surface area contributed by atoms with Crippen LogP contribution >= 0.6 is 0 Å². The number of nitrogens with zero attached hydrogens (tertiary/aromatic N) is 3. The Morgan fingerprint density at radius 2 is 1.94 bits per heavy atom. The van der Waals surface area contributed by atoms with Crippen LogP contribution in [0.4, 0.5) is 5.69 Å². The number of nitro groups is 1. The van der Waals surface area contributed by atoms with E-state index in [0.29, 0.717) is 30.1 Å². The van der Waals surface area contributed by atoms with Crippen LogP contribution in [0.5, 0.6) is 5.75 Å². The van der Waals surface area contributed by atoms with Crippen LogP contribution in [0, 0.1) is 37.8 Å². The molecule has 0 saturated carbocycles. The van der Waals surface area contributed by atoms with Crippen molar-refractivity contribution < 1.29 is 14.5 Å². The summed E-state index contributed by atoms with van der Waals surface area (Å²) in [7, 11) is 0. The number of carbonyl (C=O) groups is 1. The van der Waals surface area contributed by atoms with Crippen molar-refractivity contribution in [2.24, 2.45) is 0 Å². The zero-order valence-corrected chi connectivity index (χ0v) is 18.6. The molecular weight excluding hydrogens is 408 g/mol. The van der Waals surface area contributed by atoms with Crippen molar-refractivity contribution in [2.45, 2.75) is 46.7 Å². The Bertz CT molecular complexity index is 1200. The van der Waals surface area contributed by atoms with E-state index in [1.807, 2.05) is 26.0 Å². The van der Waals surface area contributed by atoms with Gasteiger partial charge in [0, 0.05) is 17.5 Å². The second kappa shape index (κ2) is 8.45. The molecule has 0 spiro atoms. The maximum Gasteiger partial charge on any atom is 0.312 e. The highest BCUT2D eigenvalue weighted by Crippen LogP contribution is 2.35. The molecule has 1 aromatic heterocycles. The summed E-state index contributed by atoms with van der Waals surface area (Å²) in [4.78, 5) is 23.7. The molecule has 8 nitrogen and oxygen atoms in total. The fraction of sp³-hybridized carbons (Fsp3) is 0.333. The van der Waals surface area contributed by atoms with Crippen molar-refractivity contribution in [3.05, 3.63) is 85.7 Å². The average Bonchev–Trinajstić information content (AvgIpc) is 3.02. The summed E-state index contributed by atoms with van der Waals surface area (Å²) in [6, 6.07) is 11.3. The quantitative estimate of drug-likeness (QED) is 0.476. The lowest BCUT2D eigenvalue weighted by Gasteiger charge is -2.28. The summed E-state index contributed by atoms with van der Waals surface area (Å²) < 4.78 is 7.45. The topological polar surface area (TPSA) is 99.3 Å². The van der Waals surface area contributed by atoms with Crippen LogP contribution in [0.3, 0.4) is 0 Å². The van der Waals surface area contributed by atoms with Gasteiger partial charge in [0.25, 0.3) is 5.91 Å². The lowest BCUT2D eigenvalue weighted by Crippen LogP contribution is -2.32. The van der Waals surface area contributed by atoms with E-state index in [0.717, 1.165) is 34.4 Å². The number of rotatable bonds is 5. The van der Waals surface area contributed by atoms with E-state index in [-0.39, 0.29) is 17.6 Å². The van der Waals surface area contributed by atoms with Gasteiger partial charge in [-0.1, -0.05) is 29.8 Å². The number of hydrogen-bond donors (Lipinski definition) is 1. The Balaban J connectivity index is 1.48.